The standard InChI is InChI=1S/C10H13N3OS/c1-8(14)6-15-7-9-5-12-10-11-3-2-4-13(9)10/h2-5,8,14H,6-7H2,1H3. The molecule has 0 aliphatic rings. The summed E-state index contributed by atoms with van der Waals surface area (Å²) in [5.74, 6) is 2.32. The molecule has 1 atom stereocenters. The summed E-state index contributed by atoms with van der Waals surface area (Å²) in [4.78, 5) is 8.33. The summed E-state index contributed by atoms with van der Waals surface area (Å²) in [6.07, 6.45) is 5.26. The molecule has 2 heterocycles. The van der Waals surface area contributed by atoms with Gasteiger partial charge in [-0.1, -0.05) is 0 Å². The first-order valence-electron chi connectivity index (χ1n) is 4.80. The van der Waals surface area contributed by atoms with Gasteiger partial charge in [-0.25, -0.2) is 9.97 Å². The number of aromatic nitrogens is 3. The van der Waals surface area contributed by atoms with Crippen LogP contribution in [0.1, 0.15) is 12.6 Å². The van der Waals surface area contributed by atoms with Crippen LogP contribution in [0, 0.1) is 0 Å². The van der Waals surface area contributed by atoms with Gasteiger partial charge < -0.3 is 5.11 Å². The van der Waals surface area contributed by atoms with Gasteiger partial charge in [0, 0.05) is 23.9 Å². The summed E-state index contributed by atoms with van der Waals surface area (Å²) in [7, 11) is 0. The molecule has 0 aromatic carbocycles. The smallest absolute Gasteiger partial charge is 0.233 e. The SMILES string of the molecule is CC(O)CSCc1cnc2ncccn12. The first-order valence-corrected chi connectivity index (χ1v) is 5.95. The van der Waals surface area contributed by atoms with Crippen LogP contribution in [0.2, 0.25) is 0 Å². The van der Waals surface area contributed by atoms with Crippen LogP contribution in [0.5, 0.6) is 0 Å². The molecule has 0 amide bonds. The van der Waals surface area contributed by atoms with E-state index in [1.807, 2.05) is 22.9 Å². The van der Waals surface area contributed by atoms with Gasteiger partial charge in [0.1, 0.15) is 0 Å². The molecule has 1 N–H and O–H groups in total. The lowest BCUT2D eigenvalue weighted by atomic mass is 10.5. The highest BCUT2D eigenvalue weighted by atomic mass is 32.2. The molecule has 5 heteroatoms. The zero-order valence-corrected chi connectivity index (χ0v) is 9.31. The molecule has 0 bridgehead atoms. The van der Waals surface area contributed by atoms with E-state index in [-0.39, 0.29) is 6.10 Å². The molecule has 0 aliphatic heterocycles. The molecule has 0 fully saturated rings. The maximum atomic E-state index is 9.14. The Morgan fingerprint density at radius 1 is 1.53 bits per heavy atom. The first-order chi connectivity index (χ1) is 7.27. The van der Waals surface area contributed by atoms with Crippen molar-refractivity contribution in [2.75, 3.05) is 5.75 Å². The van der Waals surface area contributed by atoms with E-state index in [4.69, 9.17) is 5.11 Å². The molecule has 2 aromatic heterocycles. The number of hydrogen-bond acceptors (Lipinski definition) is 4. The van der Waals surface area contributed by atoms with E-state index in [0.717, 1.165) is 23.0 Å². The second-order valence-electron chi connectivity index (χ2n) is 3.40. The van der Waals surface area contributed by atoms with Gasteiger partial charge in [0.15, 0.2) is 0 Å². The highest BCUT2D eigenvalue weighted by Gasteiger charge is 2.03. The number of imidazole rings is 1. The maximum absolute atomic E-state index is 9.14. The molecule has 0 aliphatic carbocycles. The van der Waals surface area contributed by atoms with Crippen LogP contribution < -0.4 is 0 Å². The molecular formula is C10H13N3OS. The van der Waals surface area contributed by atoms with Crippen LogP contribution in [0.25, 0.3) is 5.78 Å². The summed E-state index contributed by atoms with van der Waals surface area (Å²) >= 11 is 1.70. The fraction of sp³-hybridized carbons (Fsp3) is 0.400. The lowest BCUT2D eigenvalue weighted by Gasteiger charge is -2.03. The summed E-state index contributed by atoms with van der Waals surface area (Å²) in [5, 5.41) is 9.14. The average molecular weight is 223 g/mol. The number of aliphatic hydroxyl groups is 1. The predicted octanol–water partition coefficient (Wildman–Crippen LogP) is 1.34. The topological polar surface area (TPSA) is 50.4 Å². The maximum Gasteiger partial charge on any atom is 0.233 e. The first kappa shape index (κ1) is 10.4. The average Bonchev–Trinajstić information content (AvgIpc) is 2.62. The predicted molar refractivity (Wildman–Crippen MR) is 60.8 cm³/mol. The Kier molecular flexibility index (Phi) is 3.23. The number of thioether (sulfide) groups is 1. The number of rotatable bonds is 4. The summed E-state index contributed by atoms with van der Waals surface area (Å²) < 4.78 is 1.97. The van der Waals surface area contributed by atoms with Gasteiger partial charge in [0.05, 0.1) is 18.0 Å². The fourth-order valence-electron chi connectivity index (χ4n) is 1.32. The zero-order chi connectivity index (χ0) is 10.7. The van der Waals surface area contributed by atoms with Crippen molar-refractivity contribution in [3.05, 3.63) is 30.4 Å². The second kappa shape index (κ2) is 4.63. The van der Waals surface area contributed by atoms with Crippen LogP contribution >= 0.6 is 11.8 Å². The molecule has 0 saturated heterocycles. The Labute approximate surface area is 92.4 Å². The van der Waals surface area contributed by atoms with Gasteiger partial charge in [-0.3, -0.25) is 4.40 Å². The monoisotopic (exact) mass is 223 g/mol. The molecule has 2 aromatic rings. The molecule has 80 valence electrons. The molecule has 0 radical (unpaired) electrons. The Morgan fingerprint density at radius 2 is 2.40 bits per heavy atom. The Bertz CT molecular complexity index is 441. The van der Waals surface area contributed by atoms with Crippen LogP contribution in [0.3, 0.4) is 0 Å². The molecule has 2 rings (SSSR count). The molecule has 4 nitrogen and oxygen atoms in total. The van der Waals surface area contributed by atoms with Crippen molar-refractivity contribution in [1.29, 1.82) is 0 Å². The minimum absolute atomic E-state index is 0.257. The van der Waals surface area contributed by atoms with Crippen LogP contribution in [-0.4, -0.2) is 31.3 Å². The van der Waals surface area contributed by atoms with Crippen LogP contribution in [0.4, 0.5) is 0 Å². The highest BCUT2D eigenvalue weighted by Crippen LogP contribution is 2.13. The van der Waals surface area contributed by atoms with Crippen molar-refractivity contribution in [2.24, 2.45) is 0 Å². The Hall–Kier alpha value is -1.07. The van der Waals surface area contributed by atoms with Gasteiger partial charge in [0.2, 0.25) is 5.78 Å². The Morgan fingerprint density at radius 3 is 3.20 bits per heavy atom. The normalized spacial score (nSPS) is 13.2. The van der Waals surface area contributed by atoms with E-state index in [1.165, 1.54) is 0 Å². The zero-order valence-electron chi connectivity index (χ0n) is 8.50. The Balaban J connectivity index is 2.08. The fourth-order valence-corrected chi connectivity index (χ4v) is 2.20. The number of fused-ring (bicyclic) bond motifs is 1. The van der Waals surface area contributed by atoms with Gasteiger partial charge in [-0.05, 0) is 13.0 Å². The highest BCUT2D eigenvalue weighted by molar-refractivity contribution is 7.98. The third-order valence-corrected chi connectivity index (χ3v) is 3.19. The van der Waals surface area contributed by atoms with E-state index in [1.54, 1.807) is 24.9 Å². The van der Waals surface area contributed by atoms with Crippen molar-refractivity contribution < 1.29 is 5.11 Å². The van der Waals surface area contributed by atoms with Crippen LogP contribution in [-0.2, 0) is 5.75 Å². The van der Waals surface area contributed by atoms with E-state index in [2.05, 4.69) is 9.97 Å². The summed E-state index contributed by atoms with van der Waals surface area (Å²) in [6.45, 7) is 1.79. The van der Waals surface area contributed by atoms with Crippen molar-refractivity contribution >= 4 is 17.5 Å². The molecule has 1 unspecified atom stereocenters. The summed E-state index contributed by atoms with van der Waals surface area (Å²) in [5.41, 5.74) is 1.11. The molecular weight excluding hydrogens is 210 g/mol. The number of nitrogens with zero attached hydrogens (tertiary/aromatic N) is 3. The minimum atomic E-state index is -0.257. The van der Waals surface area contributed by atoms with Crippen molar-refractivity contribution in [1.82, 2.24) is 14.4 Å². The quantitative estimate of drug-likeness (QED) is 0.850. The van der Waals surface area contributed by atoms with Crippen molar-refractivity contribution in [3.63, 3.8) is 0 Å². The molecule has 0 saturated carbocycles. The summed E-state index contributed by atoms with van der Waals surface area (Å²) in [6, 6.07) is 1.89. The van der Waals surface area contributed by atoms with Gasteiger partial charge in [-0.2, -0.15) is 11.8 Å². The molecule has 15 heavy (non-hydrogen) atoms. The minimum Gasteiger partial charge on any atom is -0.393 e. The van der Waals surface area contributed by atoms with E-state index < -0.39 is 0 Å². The lowest BCUT2D eigenvalue weighted by Crippen LogP contribution is -2.03. The third kappa shape index (κ3) is 2.49. The lowest BCUT2D eigenvalue weighted by molar-refractivity contribution is 0.220. The van der Waals surface area contributed by atoms with Gasteiger partial charge in [-0.15, -0.1) is 0 Å². The van der Waals surface area contributed by atoms with E-state index in [0.29, 0.717) is 0 Å². The van der Waals surface area contributed by atoms with E-state index in [9.17, 15) is 0 Å². The van der Waals surface area contributed by atoms with Crippen molar-refractivity contribution in [3.8, 4) is 0 Å². The second-order valence-corrected chi connectivity index (χ2v) is 4.43. The number of hydrogen-bond donors (Lipinski definition) is 1. The third-order valence-electron chi connectivity index (χ3n) is 1.97. The van der Waals surface area contributed by atoms with Crippen LogP contribution in [0.15, 0.2) is 24.7 Å². The molecule has 0 spiro atoms. The van der Waals surface area contributed by atoms with E-state index >= 15 is 0 Å². The van der Waals surface area contributed by atoms with Crippen molar-refractivity contribution in [2.45, 2.75) is 18.8 Å². The van der Waals surface area contributed by atoms with Gasteiger partial charge >= 0.3 is 0 Å². The van der Waals surface area contributed by atoms with Gasteiger partial charge in [0.25, 0.3) is 0 Å². The number of aliphatic hydroxyl groups excluding tert-OH is 1. The largest absolute Gasteiger partial charge is 0.393 e.